The number of hydrogen-bond acceptors (Lipinski definition) is 7. The van der Waals surface area contributed by atoms with E-state index >= 15 is 0 Å². The largest absolute Gasteiger partial charge is 0.466 e. The zero-order chi connectivity index (χ0) is 16.0. The maximum atomic E-state index is 11.9. The molecule has 8 heteroatoms. The highest BCUT2D eigenvalue weighted by atomic mass is 16.6. The predicted octanol–water partition coefficient (Wildman–Crippen LogP) is -0.00720. The molecular formula is C13H19NO7. The molecule has 0 bridgehead atoms. The summed E-state index contributed by atoms with van der Waals surface area (Å²) in [5.74, 6) is -1.81. The van der Waals surface area contributed by atoms with E-state index in [2.05, 4.69) is 0 Å². The third-order valence-electron chi connectivity index (χ3n) is 2.77. The standard InChI is InChI=1S/C13H19NO7/c1-8(15)19-6-4-5-14-12(18)7-11(20-9(2)16)13(14)21-10(3)17/h11,13H,4-7H2,1-3H3/t11-,13-/m0/s1. The fourth-order valence-electron chi connectivity index (χ4n) is 2.06. The average molecular weight is 301 g/mol. The van der Waals surface area contributed by atoms with Gasteiger partial charge in [-0.15, -0.1) is 0 Å². The lowest BCUT2D eigenvalue weighted by atomic mass is 10.3. The summed E-state index contributed by atoms with van der Waals surface area (Å²) in [4.78, 5) is 46.1. The highest BCUT2D eigenvalue weighted by Crippen LogP contribution is 2.24. The number of hydrogen-bond donors (Lipinski definition) is 0. The molecule has 2 atom stereocenters. The van der Waals surface area contributed by atoms with Crippen LogP contribution in [0.2, 0.25) is 0 Å². The Bertz CT molecular complexity index is 434. The molecule has 1 heterocycles. The molecule has 0 spiro atoms. The summed E-state index contributed by atoms with van der Waals surface area (Å²) in [6, 6.07) is 0. The number of esters is 3. The van der Waals surface area contributed by atoms with Crippen molar-refractivity contribution in [3.8, 4) is 0 Å². The van der Waals surface area contributed by atoms with Crippen molar-refractivity contribution in [2.45, 2.75) is 45.9 Å². The van der Waals surface area contributed by atoms with Crippen LogP contribution in [0, 0.1) is 0 Å². The van der Waals surface area contributed by atoms with Gasteiger partial charge in [-0.25, -0.2) is 0 Å². The molecule has 21 heavy (non-hydrogen) atoms. The van der Waals surface area contributed by atoms with Crippen LogP contribution in [0.3, 0.4) is 0 Å². The van der Waals surface area contributed by atoms with Crippen LogP contribution < -0.4 is 0 Å². The molecule has 0 saturated carbocycles. The van der Waals surface area contributed by atoms with E-state index < -0.39 is 30.2 Å². The van der Waals surface area contributed by atoms with Crippen molar-refractivity contribution in [3.05, 3.63) is 0 Å². The summed E-state index contributed by atoms with van der Waals surface area (Å²) < 4.78 is 14.8. The van der Waals surface area contributed by atoms with Gasteiger partial charge in [0.15, 0.2) is 6.10 Å². The summed E-state index contributed by atoms with van der Waals surface area (Å²) in [6.07, 6.45) is -1.38. The maximum Gasteiger partial charge on any atom is 0.304 e. The van der Waals surface area contributed by atoms with Gasteiger partial charge >= 0.3 is 17.9 Å². The van der Waals surface area contributed by atoms with E-state index in [1.807, 2.05) is 0 Å². The van der Waals surface area contributed by atoms with E-state index in [0.29, 0.717) is 6.42 Å². The molecule has 1 aliphatic heterocycles. The highest BCUT2D eigenvalue weighted by molar-refractivity contribution is 5.81. The van der Waals surface area contributed by atoms with Crippen LogP contribution in [0.5, 0.6) is 0 Å². The minimum absolute atomic E-state index is 0.0366. The predicted molar refractivity (Wildman–Crippen MR) is 68.7 cm³/mol. The number of amides is 1. The monoisotopic (exact) mass is 301 g/mol. The zero-order valence-electron chi connectivity index (χ0n) is 12.3. The molecule has 0 aromatic rings. The van der Waals surface area contributed by atoms with E-state index in [9.17, 15) is 19.2 Å². The normalized spacial score (nSPS) is 21.1. The number of ether oxygens (including phenoxy) is 3. The third-order valence-corrected chi connectivity index (χ3v) is 2.77. The van der Waals surface area contributed by atoms with Crippen molar-refractivity contribution in [2.24, 2.45) is 0 Å². The van der Waals surface area contributed by atoms with E-state index in [1.54, 1.807) is 0 Å². The second-order valence-electron chi connectivity index (χ2n) is 4.63. The molecule has 1 rings (SSSR count). The van der Waals surface area contributed by atoms with Gasteiger partial charge in [0.25, 0.3) is 0 Å². The van der Waals surface area contributed by atoms with E-state index in [1.165, 1.54) is 25.7 Å². The first-order valence-electron chi connectivity index (χ1n) is 6.58. The molecule has 0 N–H and O–H groups in total. The highest BCUT2D eigenvalue weighted by Gasteiger charge is 2.43. The number of likely N-dealkylation sites (tertiary alicyclic amines) is 1. The fraction of sp³-hybridized carbons (Fsp3) is 0.692. The first-order chi connectivity index (χ1) is 9.81. The lowest BCUT2D eigenvalue weighted by molar-refractivity contribution is -0.173. The summed E-state index contributed by atoms with van der Waals surface area (Å²) in [5, 5.41) is 0. The van der Waals surface area contributed by atoms with Gasteiger partial charge in [-0.3, -0.25) is 19.2 Å². The van der Waals surface area contributed by atoms with Crippen molar-refractivity contribution in [3.63, 3.8) is 0 Å². The molecule has 0 aromatic carbocycles. The van der Waals surface area contributed by atoms with Gasteiger partial charge in [0, 0.05) is 27.3 Å². The van der Waals surface area contributed by atoms with Crippen LogP contribution in [0.25, 0.3) is 0 Å². The van der Waals surface area contributed by atoms with E-state index in [4.69, 9.17) is 14.2 Å². The molecule has 1 saturated heterocycles. The Morgan fingerprint density at radius 3 is 2.24 bits per heavy atom. The van der Waals surface area contributed by atoms with Crippen LogP contribution in [0.15, 0.2) is 0 Å². The van der Waals surface area contributed by atoms with E-state index in [-0.39, 0.29) is 25.5 Å². The molecule has 8 nitrogen and oxygen atoms in total. The van der Waals surface area contributed by atoms with Crippen LogP contribution >= 0.6 is 0 Å². The molecule has 0 aliphatic carbocycles. The quantitative estimate of drug-likeness (QED) is 0.386. The third kappa shape index (κ3) is 5.41. The zero-order valence-corrected chi connectivity index (χ0v) is 12.3. The number of carbonyl (C=O) groups excluding carboxylic acids is 4. The average Bonchev–Trinajstić information content (AvgIpc) is 2.60. The van der Waals surface area contributed by atoms with Gasteiger partial charge in [0.1, 0.15) is 0 Å². The Kier molecular flexibility index (Phi) is 6.13. The van der Waals surface area contributed by atoms with Crippen LogP contribution in [-0.2, 0) is 33.4 Å². The molecule has 1 fully saturated rings. The lowest BCUT2D eigenvalue weighted by Gasteiger charge is -2.26. The second kappa shape index (κ2) is 7.61. The summed E-state index contributed by atoms with van der Waals surface area (Å²) in [7, 11) is 0. The SMILES string of the molecule is CC(=O)OCCCN1C(=O)C[C@H](OC(C)=O)[C@@H]1OC(C)=O. The molecule has 1 amide bonds. The van der Waals surface area contributed by atoms with Crippen molar-refractivity contribution in [2.75, 3.05) is 13.2 Å². The van der Waals surface area contributed by atoms with Gasteiger partial charge in [0.05, 0.1) is 13.0 Å². The van der Waals surface area contributed by atoms with Gasteiger partial charge < -0.3 is 19.1 Å². The topological polar surface area (TPSA) is 99.2 Å². The molecular weight excluding hydrogens is 282 g/mol. The maximum absolute atomic E-state index is 11.9. The van der Waals surface area contributed by atoms with Crippen LogP contribution in [0.1, 0.15) is 33.6 Å². The van der Waals surface area contributed by atoms with Gasteiger partial charge in [0.2, 0.25) is 12.1 Å². The smallest absolute Gasteiger partial charge is 0.304 e. The Morgan fingerprint density at radius 1 is 1.10 bits per heavy atom. The molecule has 0 aromatic heterocycles. The van der Waals surface area contributed by atoms with Crippen molar-refractivity contribution < 1.29 is 33.4 Å². The van der Waals surface area contributed by atoms with Gasteiger partial charge in [-0.2, -0.15) is 0 Å². The fourth-order valence-corrected chi connectivity index (χ4v) is 2.06. The Morgan fingerprint density at radius 2 is 1.71 bits per heavy atom. The minimum Gasteiger partial charge on any atom is -0.466 e. The lowest BCUT2D eigenvalue weighted by Crippen LogP contribution is -2.42. The molecule has 118 valence electrons. The summed E-state index contributed by atoms with van der Waals surface area (Å²) in [5.41, 5.74) is 0. The second-order valence-corrected chi connectivity index (χ2v) is 4.63. The molecule has 1 aliphatic rings. The minimum atomic E-state index is -0.934. The number of rotatable bonds is 6. The van der Waals surface area contributed by atoms with Gasteiger partial charge in [-0.1, -0.05) is 0 Å². The number of carbonyl (C=O) groups is 4. The summed E-state index contributed by atoms with van der Waals surface area (Å²) in [6.45, 7) is 4.12. The van der Waals surface area contributed by atoms with Crippen molar-refractivity contribution in [1.29, 1.82) is 0 Å². The van der Waals surface area contributed by atoms with Crippen molar-refractivity contribution >= 4 is 23.8 Å². The molecule has 0 radical (unpaired) electrons. The van der Waals surface area contributed by atoms with Crippen LogP contribution in [-0.4, -0.2) is 54.2 Å². The Balaban J connectivity index is 2.64. The van der Waals surface area contributed by atoms with E-state index in [0.717, 1.165) is 0 Å². The first-order valence-corrected chi connectivity index (χ1v) is 6.58. The van der Waals surface area contributed by atoms with Crippen LogP contribution in [0.4, 0.5) is 0 Å². The Hall–Kier alpha value is -2.12. The number of nitrogens with zero attached hydrogens (tertiary/aromatic N) is 1. The molecule has 0 unspecified atom stereocenters. The van der Waals surface area contributed by atoms with Gasteiger partial charge in [-0.05, 0) is 6.42 Å². The first kappa shape index (κ1) is 16.9. The van der Waals surface area contributed by atoms with Crippen molar-refractivity contribution in [1.82, 2.24) is 4.90 Å². The Labute approximate surface area is 122 Å². The summed E-state index contributed by atoms with van der Waals surface area (Å²) >= 11 is 0.